The van der Waals surface area contributed by atoms with E-state index in [0.29, 0.717) is 39.8 Å². The van der Waals surface area contributed by atoms with Crippen molar-refractivity contribution < 1.29 is 19.0 Å². The summed E-state index contributed by atoms with van der Waals surface area (Å²) in [5.41, 5.74) is 1.49. The molecular formula is C26H25ClN4O4S. The maximum atomic E-state index is 12.6. The van der Waals surface area contributed by atoms with Crippen LogP contribution in [0.4, 0.5) is 5.69 Å². The average Bonchev–Trinajstić information content (AvgIpc) is 3.30. The van der Waals surface area contributed by atoms with E-state index in [-0.39, 0.29) is 18.3 Å². The van der Waals surface area contributed by atoms with Crippen molar-refractivity contribution in [1.29, 1.82) is 0 Å². The van der Waals surface area contributed by atoms with Crippen molar-refractivity contribution in [2.75, 3.05) is 24.8 Å². The van der Waals surface area contributed by atoms with Crippen LogP contribution in [0.15, 0.2) is 78.0 Å². The number of hydrogen-bond donors (Lipinski definition) is 1. The lowest BCUT2D eigenvalue weighted by Crippen LogP contribution is -2.15. The van der Waals surface area contributed by atoms with Crippen LogP contribution in [-0.2, 0) is 11.4 Å². The Morgan fingerprint density at radius 2 is 1.69 bits per heavy atom. The molecule has 186 valence electrons. The largest absolute Gasteiger partial charge is 0.497 e. The molecule has 36 heavy (non-hydrogen) atoms. The lowest BCUT2D eigenvalue weighted by atomic mass is 10.3. The van der Waals surface area contributed by atoms with Crippen LogP contribution in [0.2, 0.25) is 5.02 Å². The Hall–Kier alpha value is -3.69. The van der Waals surface area contributed by atoms with Gasteiger partial charge in [0.05, 0.1) is 19.5 Å². The number of nitrogens with one attached hydrogen (secondary N) is 1. The predicted octanol–water partition coefficient (Wildman–Crippen LogP) is 5.64. The van der Waals surface area contributed by atoms with E-state index < -0.39 is 0 Å². The highest BCUT2D eigenvalue weighted by molar-refractivity contribution is 7.99. The number of benzene rings is 3. The van der Waals surface area contributed by atoms with Crippen molar-refractivity contribution in [2.24, 2.45) is 0 Å². The van der Waals surface area contributed by atoms with Crippen LogP contribution in [0.3, 0.4) is 0 Å². The standard InChI is InChI=1S/C26H25ClN4O4S/c1-3-34-21-13-9-20(10-14-21)31-24(16-35-22-11-7-18(27)8-12-22)29-30-26(31)36-17-25(32)28-19-5-4-6-23(15-19)33-2/h4-15H,3,16-17H2,1-2H3,(H,28,32). The number of carbonyl (C=O) groups excluding carboxylic acids is 1. The number of rotatable bonds is 11. The van der Waals surface area contributed by atoms with Crippen molar-refractivity contribution >= 4 is 35.0 Å². The number of methoxy groups -OCH3 is 1. The normalized spacial score (nSPS) is 10.6. The number of aromatic nitrogens is 3. The topological polar surface area (TPSA) is 87.5 Å². The molecule has 1 aromatic heterocycles. The number of hydrogen-bond acceptors (Lipinski definition) is 7. The smallest absolute Gasteiger partial charge is 0.234 e. The van der Waals surface area contributed by atoms with Gasteiger partial charge in [0, 0.05) is 22.5 Å². The third-order valence-corrected chi connectivity index (χ3v) is 6.15. The molecule has 1 heterocycles. The quantitative estimate of drug-likeness (QED) is 0.254. The molecule has 0 aliphatic heterocycles. The Labute approximate surface area is 218 Å². The Kier molecular flexibility index (Phi) is 8.70. The number of halogens is 1. The fraction of sp³-hybridized carbons (Fsp3) is 0.192. The zero-order chi connectivity index (χ0) is 25.3. The van der Waals surface area contributed by atoms with E-state index in [0.717, 1.165) is 11.4 Å². The van der Waals surface area contributed by atoms with Gasteiger partial charge in [0.1, 0.15) is 23.9 Å². The van der Waals surface area contributed by atoms with Crippen LogP contribution < -0.4 is 19.5 Å². The van der Waals surface area contributed by atoms with Crippen LogP contribution in [0.5, 0.6) is 17.2 Å². The number of carbonyl (C=O) groups is 1. The molecule has 0 spiro atoms. The summed E-state index contributed by atoms with van der Waals surface area (Å²) < 4.78 is 18.5. The fourth-order valence-corrected chi connectivity index (χ4v) is 4.21. The van der Waals surface area contributed by atoms with Crippen molar-refractivity contribution in [1.82, 2.24) is 14.8 Å². The molecule has 10 heteroatoms. The fourth-order valence-electron chi connectivity index (χ4n) is 3.31. The number of nitrogens with zero attached hydrogens (tertiary/aromatic N) is 3. The number of ether oxygens (including phenoxy) is 3. The third kappa shape index (κ3) is 6.71. The Morgan fingerprint density at radius 3 is 2.42 bits per heavy atom. The molecule has 3 aromatic carbocycles. The summed E-state index contributed by atoms with van der Waals surface area (Å²) in [7, 11) is 1.58. The van der Waals surface area contributed by atoms with Gasteiger partial charge < -0.3 is 19.5 Å². The number of thioether (sulfide) groups is 1. The Morgan fingerprint density at radius 1 is 0.972 bits per heavy atom. The Balaban J connectivity index is 1.51. The first-order chi connectivity index (χ1) is 17.6. The van der Waals surface area contributed by atoms with Crippen LogP contribution in [-0.4, -0.2) is 40.1 Å². The molecule has 1 amide bonds. The highest BCUT2D eigenvalue weighted by Gasteiger charge is 2.17. The first-order valence-corrected chi connectivity index (χ1v) is 12.5. The molecule has 0 radical (unpaired) electrons. The van der Waals surface area contributed by atoms with E-state index in [2.05, 4.69) is 15.5 Å². The van der Waals surface area contributed by atoms with E-state index in [4.69, 9.17) is 25.8 Å². The minimum atomic E-state index is -0.173. The van der Waals surface area contributed by atoms with Gasteiger partial charge in [0.15, 0.2) is 11.0 Å². The maximum absolute atomic E-state index is 12.6. The SMILES string of the molecule is CCOc1ccc(-n2c(COc3ccc(Cl)cc3)nnc2SCC(=O)Nc2cccc(OC)c2)cc1. The summed E-state index contributed by atoms with van der Waals surface area (Å²) in [4.78, 5) is 12.6. The van der Waals surface area contributed by atoms with Crippen molar-refractivity contribution in [3.8, 4) is 22.9 Å². The minimum absolute atomic E-state index is 0.143. The molecule has 0 atom stereocenters. The van der Waals surface area contributed by atoms with Gasteiger partial charge in [0.2, 0.25) is 5.91 Å². The molecule has 4 rings (SSSR count). The molecule has 0 aliphatic carbocycles. The van der Waals surface area contributed by atoms with Gasteiger partial charge in [-0.25, -0.2) is 0 Å². The molecule has 4 aromatic rings. The monoisotopic (exact) mass is 524 g/mol. The zero-order valence-electron chi connectivity index (χ0n) is 19.8. The summed E-state index contributed by atoms with van der Waals surface area (Å²) >= 11 is 7.25. The molecule has 0 aliphatic rings. The zero-order valence-corrected chi connectivity index (χ0v) is 21.4. The second-order valence-electron chi connectivity index (χ2n) is 7.47. The van der Waals surface area contributed by atoms with Gasteiger partial charge in [0.25, 0.3) is 0 Å². The highest BCUT2D eigenvalue weighted by atomic mass is 35.5. The van der Waals surface area contributed by atoms with Crippen LogP contribution in [0.1, 0.15) is 12.7 Å². The molecule has 0 saturated heterocycles. The lowest BCUT2D eigenvalue weighted by Gasteiger charge is -2.12. The predicted molar refractivity (Wildman–Crippen MR) is 141 cm³/mol. The summed E-state index contributed by atoms with van der Waals surface area (Å²) in [5, 5.41) is 12.7. The van der Waals surface area contributed by atoms with Gasteiger partial charge in [-0.05, 0) is 67.6 Å². The average molecular weight is 525 g/mol. The van der Waals surface area contributed by atoms with E-state index in [9.17, 15) is 4.79 Å². The molecule has 8 nitrogen and oxygen atoms in total. The van der Waals surface area contributed by atoms with Crippen molar-refractivity contribution in [3.63, 3.8) is 0 Å². The summed E-state index contributed by atoms with van der Waals surface area (Å²) in [6.07, 6.45) is 0. The molecule has 0 saturated carbocycles. The minimum Gasteiger partial charge on any atom is -0.497 e. The third-order valence-electron chi connectivity index (χ3n) is 4.97. The second-order valence-corrected chi connectivity index (χ2v) is 8.85. The van der Waals surface area contributed by atoms with E-state index in [1.165, 1.54) is 11.8 Å². The first-order valence-electron chi connectivity index (χ1n) is 11.2. The van der Waals surface area contributed by atoms with Gasteiger partial charge >= 0.3 is 0 Å². The molecule has 0 bridgehead atoms. The van der Waals surface area contributed by atoms with E-state index >= 15 is 0 Å². The van der Waals surface area contributed by atoms with Gasteiger partial charge in [-0.2, -0.15) is 0 Å². The summed E-state index contributed by atoms with van der Waals surface area (Å²) in [6.45, 7) is 2.69. The Bertz CT molecular complexity index is 1300. The van der Waals surface area contributed by atoms with Gasteiger partial charge in [-0.1, -0.05) is 29.4 Å². The molecule has 0 unspecified atom stereocenters. The highest BCUT2D eigenvalue weighted by Crippen LogP contribution is 2.26. The van der Waals surface area contributed by atoms with Gasteiger partial charge in [-0.3, -0.25) is 9.36 Å². The van der Waals surface area contributed by atoms with E-state index in [1.54, 1.807) is 43.5 Å². The molecule has 1 N–H and O–H groups in total. The maximum Gasteiger partial charge on any atom is 0.234 e. The van der Waals surface area contributed by atoms with Gasteiger partial charge in [-0.15, -0.1) is 10.2 Å². The van der Waals surface area contributed by atoms with Crippen molar-refractivity contribution in [2.45, 2.75) is 18.7 Å². The number of anilines is 1. The summed E-state index contributed by atoms with van der Waals surface area (Å²) in [5.74, 6) is 2.65. The van der Waals surface area contributed by atoms with Crippen LogP contribution in [0, 0.1) is 0 Å². The number of amides is 1. The first kappa shape index (κ1) is 25.4. The molecular weight excluding hydrogens is 500 g/mol. The van der Waals surface area contributed by atoms with Crippen LogP contribution in [0.25, 0.3) is 5.69 Å². The second kappa shape index (κ2) is 12.3. The lowest BCUT2D eigenvalue weighted by molar-refractivity contribution is -0.113. The molecule has 0 fully saturated rings. The summed E-state index contributed by atoms with van der Waals surface area (Å²) in [6, 6.07) is 21.9. The van der Waals surface area contributed by atoms with E-state index in [1.807, 2.05) is 47.9 Å². The van der Waals surface area contributed by atoms with Crippen molar-refractivity contribution in [3.05, 3.63) is 83.6 Å². The van der Waals surface area contributed by atoms with Crippen LogP contribution >= 0.6 is 23.4 Å².